The summed E-state index contributed by atoms with van der Waals surface area (Å²) in [7, 11) is 0. The Bertz CT molecular complexity index is 1010. The molecule has 1 aliphatic heterocycles. The molecule has 3 heterocycles. The van der Waals surface area contributed by atoms with Crippen molar-refractivity contribution >= 4 is 17.6 Å². The lowest BCUT2D eigenvalue weighted by Crippen LogP contribution is -2.43. The van der Waals surface area contributed by atoms with Crippen molar-refractivity contribution in [2.45, 2.75) is 25.7 Å². The summed E-state index contributed by atoms with van der Waals surface area (Å²) < 4.78 is 6.71. The van der Waals surface area contributed by atoms with Crippen molar-refractivity contribution in [3.8, 4) is 5.69 Å². The lowest BCUT2D eigenvalue weighted by atomic mass is 9.95. The molecule has 162 valence electrons. The van der Waals surface area contributed by atoms with Crippen molar-refractivity contribution in [1.82, 2.24) is 20.0 Å². The highest BCUT2D eigenvalue weighted by atomic mass is 16.3. The van der Waals surface area contributed by atoms with Gasteiger partial charge in [-0.25, -0.2) is 4.68 Å². The molecule has 0 unspecified atom stereocenters. The number of aromatic nitrogens is 2. The fourth-order valence-electron chi connectivity index (χ4n) is 3.88. The lowest BCUT2D eigenvalue weighted by Gasteiger charge is -2.31. The molecular formula is C23H27N5O3. The van der Waals surface area contributed by atoms with Gasteiger partial charge >= 0.3 is 0 Å². The molecule has 8 heteroatoms. The number of para-hydroxylation sites is 1. The van der Waals surface area contributed by atoms with E-state index in [0.717, 1.165) is 24.2 Å². The molecule has 8 nitrogen and oxygen atoms in total. The topological polar surface area (TPSA) is 106 Å². The van der Waals surface area contributed by atoms with Gasteiger partial charge in [0.05, 0.1) is 23.2 Å². The van der Waals surface area contributed by atoms with Gasteiger partial charge in [-0.15, -0.1) is 0 Å². The summed E-state index contributed by atoms with van der Waals surface area (Å²) in [4.78, 5) is 26.6. The van der Waals surface area contributed by atoms with Crippen LogP contribution in [-0.2, 0) is 11.2 Å². The average molecular weight is 422 g/mol. The Morgan fingerprint density at radius 2 is 1.94 bits per heavy atom. The van der Waals surface area contributed by atoms with Crippen LogP contribution in [0.5, 0.6) is 0 Å². The van der Waals surface area contributed by atoms with Crippen molar-refractivity contribution in [2.75, 3.05) is 25.4 Å². The quantitative estimate of drug-likeness (QED) is 0.571. The molecule has 3 aromatic rings. The number of hydrogen-bond acceptors (Lipinski definition) is 5. The summed E-state index contributed by atoms with van der Waals surface area (Å²) in [5, 5.41) is 7.59. The lowest BCUT2D eigenvalue weighted by molar-refractivity contribution is -0.126. The molecule has 2 amide bonds. The Balaban J connectivity index is 1.19. The number of carbonyl (C=O) groups excluding carboxylic acids is 2. The standard InChI is InChI=1S/C23H27N5O3/c24-21-15-19(26-28(21)20-6-2-1-3-7-20)5-4-11-25-22(29)17-8-12-27(13-9-17)23(30)18-10-14-31-16-18/h1-3,6-7,10,14-17H,4-5,8-9,11-13,24H2,(H,25,29). The molecule has 0 bridgehead atoms. The molecule has 1 saturated heterocycles. The first-order valence-electron chi connectivity index (χ1n) is 10.6. The second-order valence-electron chi connectivity index (χ2n) is 7.78. The number of amides is 2. The van der Waals surface area contributed by atoms with Gasteiger partial charge in [0, 0.05) is 31.6 Å². The maximum absolute atomic E-state index is 12.5. The highest BCUT2D eigenvalue weighted by Crippen LogP contribution is 2.20. The number of anilines is 1. The predicted molar refractivity (Wildman–Crippen MR) is 117 cm³/mol. The van der Waals surface area contributed by atoms with E-state index in [2.05, 4.69) is 10.4 Å². The van der Waals surface area contributed by atoms with Crippen LogP contribution in [0.25, 0.3) is 5.69 Å². The first kappa shape index (κ1) is 20.7. The van der Waals surface area contributed by atoms with Crippen molar-refractivity contribution in [3.05, 3.63) is 66.2 Å². The van der Waals surface area contributed by atoms with Gasteiger partial charge in [0.15, 0.2) is 0 Å². The number of furan rings is 1. The van der Waals surface area contributed by atoms with Crippen LogP contribution in [0.3, 0.4) is 0 Å². The van der Waals surface area contributed by atoms with Gasteiger partial charge in [0.2, 0.25) is 5.91 Å². The summed E-state index contributed by atoms with van der Waals surface area (Å²) in [5.74, 6) is 0.565. The normalized spacial score (nSPS) is 14.5. The van der Waals surface area contributed by atoms with Crippen molar-refractivity contribution in [3.63, 3.8) is 0 Å². The third kappa shape index (κ3) is 4.96. The second kappa shape index (κ2) is 9.51. The number of nitrogens with two attached hydrogens (primary N) is 1. The third-order valence-corrected chi connectivity index (χ3v) is 5.62. The fraction of sp³-hybridized carbons (Fsp3) is 0.348. The summed E-state index contributed by atoms with van der Waals surface area (Å²) in [5.41, 5.74) is 8.47. The highest BCUT2D eigenvalue weighted by molar-refractivity contribution is 5.94. The number of nitrogen functional groups attached to an aromatic ring is 1. The first-order chi connectivity index (χ1) is 15.1. The number of benzene rings is 1. The van der Waals surface area contributed by atoms with E-state index in [9.17, 15) is 9.59 Å². The Labute approximate surface area is 181 Å². The number of hydrogen-bond donors (Lipinski definition) is 2. The van der Waals surface area contributed by atoms with Gasteiger partial charge in [-0.05, 0) is 43.9 Å². The van der Waals surface area contributed by atoms with Crippen LogP contribution in [0.4, 0.5) is 5.82 Å². The minimum atomic E-state index is -0.0543. The molecule has 0 radical (unpaired) electrons. The Kier molecular flexibility index (Phi) is 6.35. The zero-order valence-corrected chi connectivity index (χ0v) is 17.4. The van der Waals surface area contributed by atoms with Crippen LogP contribution in [-0.4, -0.2) is 46.1 Å². The number of nitrogens with one attached hydrogen (secondary N) is 1. The maximum atomic E-state index is 12.5. The van der Waals surface area contributed by atoms with Crippen molar-refractivity contribution < 1.29 is 14.0 Å². The van der Waals surface area contributed by atoms with E-state index in [4.69, 9.17) is 10.2 Å². The summed E-state index contributed by atoms with van der Waals surface area (Å²) in [6, 6.07) is 13.3. The van der Waals surface area contributed by atoms with Crippen LogP contribution < -0.4 is 11.1 Å². The van der Waals surface area contributed by atoms with Crippen LogP contribution in [0.15, 0.2) is 59.4 Å². The van der Waals surface area contributed by atoms with Crippen LogP contribution in [0, 0.1) is 5.92 Å². The number of piperidine rings is 1. The van der Waals surface area contributed by atoms with Gasteiger partial charge in [-0.1, -0.05) is 18.2 Å². The molecule has 0 spiro atoms. The summed E-state index contributed by atoms with van der Waals surface area (Å²) >= 11 is 0. The Morgan fingerprint density at radius 1 is 1.16 bits per heavy atom. The molecule has 0 aliphatic carbocycles. The minimum Gasteiger partial charge on any atom is -0.472 e. The minimum absolute atomic E-state index is 0.0400. The van der Waals surface area contributed by atoms with Gasteiger partial charge in [0.25, 0.3) is 5.91 Å². The molecule has 1 aliphatic rings. The SMILES string of the molecule is Nc1cc(CCCNC(=O)C2CCN(C(=O)c3ccoc3)CC2)nn1-c1ccccc1. The molecule has 3 N–H and O–H groups in total. The predicted octanol–water partition coefficient (Wildman–Crippen LogP) is 2.65. The number of carbonyl (C=O) groups is 2. The van der Waals surface area contributed by atoms with E-state index in [0.29, 0.717) is 43.9 Å². The van der Waals surface area contributed by atoms with E-state index >= 15 is 0 Å². The molecule has 0 atom stereocenters. The van der Waals surface area contributed by atoms with E-state index in [1.54, 1.807) is 15.6 Å². The highest BCUT2D eigenvalue weighted by Gasteiger charge is 2.27. The third-order valence-electron chi connectivity index (χ3n) is 5.62. The fourth-order valence-corrected chi connectivity index (χ4v) is 3.88. The van der Waals surface area contributed by atoms with Crippen molar-refractivity contribution in [1.29, 1.82) is 0 Å². The van der Waals surface area contributed by atoms with Gasteiger partial charge in [-0.2, -0.15) is 5.10 Å². The molecule has 31 heavy (non-hydrogen) atoms. The molecule has 4 rings (SSSR count). The van der Waals surface area contributed by atoms with E-state index < -0.39 is 0 Å². The zero-order chi connectivity index (χ0) is 21.6. The van der Waals surface area contributed by atoms with E-state index in [1.807, 2.05) is 36.4 Å². The smallest absolute Gasteiger partial charge is 0.257 e. The summed E-state index contributed by atoms with van der Waals surface area (Å²) in [6.45, 7) is 1.75. The molecule has 0 saturated carbocycles. The zero-order valence-electron chi connectivity index (χ0n) is 17.4. The van der Waals surface area contributed by atoms with Gasteiger partial charge < -0.3 is 20.4 Å². The maximum Gasteiger partial charge on any atom is 0.257 e. The average Bonchev–Trinajstić information content (AvgIpc) is 3.47. The van der Waals surface area contributed by atoms with Crippen LogP contribution in [0.1, 0.15) is 35.3 Å². The number of rotatable bonds is 7. The Morgan fingerprint density at radius 3 is 2.65 bits per heavy atom. The van der Waals surface area contributed by atoms with E-state index in [-0.39, 0.29) is 17.7 Å². The van der Waals surface area contributed by atoms with Gasteiger partial charge in [-0.3, -0.25) is 9.59 Å². The monoisotopic (exact) mass is 421 g/mol. The molecule has 2 aromatic heterocycles. The second-order valence-corrected chi connectivity index (χ2v) is 7.78. The van der Waals surface area contributed by atoms with Crippen LogP contribution in [0.2, 0.25) is 0 Å². The number of likely N-dealkylation sites (tertiary alicyclic amines) is 1. The molecule has 1 fully saturated rings. The number of nitrogens with zero attached hydrogens (tertiary/aromatic N) is 3. The van der Waals surface area contributed by atoms with Crippen LogP contribution >= 0.6 is 0 Å². The molecular weight excluding hydrogens is 394 g/mol. The number of aryl methyl sites for hydroxylation is 1. The first-order valence-corrected chi connectivity index (χ1v) is 10.6. The largest absolute Gasteiger partial charge is 0.472 e. The molecule has 1 aromatic carbocycles. The van der Waals surface area contributed by atoms with Crippen molar-refractivity contribution in [2.24, 2.45) is 5.92 Å². The van der Waals surface area contributed by atoms with Gasteiger partial charge in [0.1, 0.15) is 12.1 Å². The Hall–Kier alpha value is -3.55. The van der Waals surface area contributed by atoms with E-state index in [1.165, 1.54) is 12.5 Å². The summed E-state index contributed by atoms with van der Waals surface area (Å²) in [6.07, 6.45) is 5.82.